The molecule has 2 rings (SSSR count). The Morgan fingerprint density at radius 1 is 1.04 bits per heavy atom. The fourth-order valence-electron chi connectivity index (χ4n) is 2.44. The maximum Gasteiger partial charge on any atom is 0.253 e. The number of likely N-dealkylation sites (N-methyl/N-ethyl adjacent to an activating group) is 1. The Balaban J connectivity index is 2.25. The fourth-order valence-corrected chi connectivity index (χ4v) is 2.44. The number of primary amides is 1. The Morgan fingerprint density at radius 2 is 1.57 bits per heavy atom. The number of amides is 2. The lowest BCUT2D eigenvalue weighted by Crippen LogP contribution is -2.51. The van der Waals surface area contributed by atoms with E-state index in [2.05, 4.69) is 0 Å². The van der Waals surface area contributed by atoms with E-state index in [-0.39, 0.29) is 5.91 Å². The molecule has 5 heteroatoms. The number of carbonyl (C=O) groups is 2. The molecule has 5 nitrogen and oxygen atoms in total. The number of hydrogen-bond acceptors (Lipinski definition) is 3. The maximum atomic E-state index is 12.6. The van der Waals surface area contributed by atoms with Crippen molar-refractivity contribution in [1.82, 2.24) is 4.90 Å². The molecule has 0 spiro atoms. The number of hydrogen-bond donors (Lipinski definition) is 2. The van der Waals surface area contributed by atoms with E-state index in [1.54, 1.807) is 31.3 Å². The molecule has 2 atom stereocenters. The van der Waals surface area contributed by atoms with Crippen molar-refractivity contribution < 1.29 is 14.7 Å². The van der Waals surface area contributed by atoms with Gasteiger partial charge in [-0.15, -0.1) is 0 Å². The van der Waals surface area contributed by atoms with E-state index in [1.807, 2.05) is 36.4 Å². The van der Waals surface area contributed by atoms with E-state index in [1.165, 1.54) is 4.90 Å². The van der Waals surface area contributed by atoms with E-state index in [0.717, 1.165) is 5.56 Å². The van der Waals surface area contributed by atoms with Gasteiger partial charge in [0.25, 0.3) is 5.91 Å². The molecule has 2 aromatic carbocycles. The van der Waals surface area contributed by atoms with Crippen LogP contribution in [-0.2, 0) is 11.2 Å². The summed E-state index contributed by atoms with van der Waals surface area (Å²) in [7, 11) is 1.56. The van der Waals surface area contributed by atoms with E-state index < -0.39 is 18.1 Å². The first kappa shape index (κ1) is 16.7. The van der Waals surface area contributed by atoms with E-state index in [9.17, 15) is 14.7 Å². The van der Waals surface area contributed by atoms with Crippen molar-refractivity contribution in [3.8, 4) is 0 Å². The minimum atomic E-state index is -1.44. The van der Waals surface area contributed by atoms with Gasteiger partial charge in [0.15, 0.2) is 6.10 Å². The van der Waals surface area contributed by atoms with Crippen LogP contribution in [0.4, 0.5) is 0 Å². The number of benzene rings is 2. The van der Waals surface area contributed by atoms with Gasteiger partial charge in [0.05, 0.1) is 6.04 Å². The third-order valence-corrected chi connectivity index (χ3v) is 3.78. The molecule has 0 aliphatic rings. The van der Waals surface area contributed by atoms with Crippen molar-refractivity contribution in [3.05, 3.63) is 71.8 Å². The second-order valence-electron chi connectivity index (χ2n) is 5.39. The van der Waals surface area contributed by atoms with Gasteiger partial charge in [-0.2, -0.15) is 0 Å². The van der Waals surface area contributed by atoms with Gasteiger partial charge < -0.3 is 15.7 Å². The van der Waals surface area contributed by atoms with Crippen molar-refractivity contribution in [2.45, 2.75) is 18.6 Å². The molecule has 2 unspecified atom stereocenters. The quantitative estimate of drug-likeness (QED) is 0.841. The van der Waals surface area contributed by atoms with Crippen LogP contribution in [0.2, 0.25) is 0 Å². The van der Waals surface area contributed by atoms with Crippen LogP contribution >= 0.6 is 0 Å². The van der Waals surface area contributed by atoms with Crippen LogP contribution in [0.1, 0.15) is 15.9 Å². The van der Waals surface area contributed by atoms with Crippen molar-refractivity contribution in [2.75, 3.05) is 7.05 Å². The van der Waals surface area contributed by atoms with Crippen molar-refractivity contribution in [1.29, 1.82) is 0 Å². The predicted octanol–water partition coefficient (Wildman–Crippen LogP) is 1.22. The third kappa shape index (κ3) is 4.17. The summed E-state index contributed by atoms with van der Waals surface area (Å²) in [6.45, 7) is 0. The molecule has 0 aromatic heterocycles. The van der Waals surface area contributed by atoms with Crippen LogP contribution in [0.5, 0.6) is 0 Å². The molecule has 0 fully saturated rings. The van der Waals surface area contributed by atoms with E-state index in [0.29, 0.717) is 12.0 Å². The van der Waals surface area contributed by atoms with Gasteiger partial charge in [0.2, 0.25) is 5.91 Å². The third-order valence-electron chi connectivity index (χ3n) is 3.78. The van der Waals surface area contributed by atoms with Crippen molar-refractivity contribution in [2.24, 2.45) is 5.73 Å². The van der Waals surface area contributed by atoms with E-state index >= 15 is 0 Å². The van der Waals surface area contributed by atoms with Gasteiger partial charge in [-0.1, -0.05) is 48.5 Å². The van der Waals surface area contributed by atoms with Gasteiger partial charge in [-0.3, -0.25) is 9.59 Å². The number of nitrogens with two attached hydrogens (primary N) is 1. The smallest absolute Gasteiger partial charge is 0.253 e. The fraction of sp³-hybridized carbons (Fsp3) is 0.222. The summed E-state index contributed by atoms with van der Waals surface area (Å²) in [5, 5.41) is 10.1. The summed E-state index contributed by atoms with van der Waals surface area (Å²) in [5.41, 5.74) is 6.64. The second-order valence-corrected chi connectivity index (χ2v) is 5.39. The molecule has 0 aliphatic heterocycles. The van der Waals surface area contributed by atoms with E-state index in [4.69, 9.17) is 5.73 Å². The van der Waals surface area contributed by atoms with Crippen LogP contribution in [0.25, 0.3) is 0 Å². The van der Waals surface area contributed by atoms with Gasteiger partial charge in [0, 0.05) is 12.6 Å². The molecule has 0 radical (unpaired) electrons. The molecule has 3 N–H and O–H groups in total. The zero-order valence-corrected chi connectivity index (χ0v) is 12.9. The van der Waals surface area contributed by atoms with Gasteiger partial charge in [-0.05, 0) is 24.1 Å². The summed E-state index contributed by atoms with van der Waals surface area (Å²) in [4.78, 5) is 25.4. The van der Waals surface area contributed by atoms with Crippen molar-refractivity contribution in [3.63, 3.8) is 0 Å². The van der Waals surface area contributed by atoms with Crippen LogP contribution in [0.3, 0.4) is 0 Å². The summed E-state index contributed by atoms with van der Waals surface area (Å²) in [5.74, 6) is -1.12. The van der Waals surface area contributed by atoms with Gasteiger partial charge >= 0.3 is 0 Å². The lowest BCUT2D eigenvalue weighted by Gasteiger charge is -2.31. The second kappa shape index (κ2) is 7.56. The lowest BCUT2D eigenvalue weighted by atomic mass is 9.98. The summed E-state index contributed by atoms with van der Waals surface area (Å²) in [6, 6.07) is 17.3. The summed E-state index contributed by atoms with van der Waals surface area (Å²) in [6.07, 6.45) is -1.10. The van der Waals surface area contributed by atoms with Gasteiger partial charge in [0.1, 0.15) is 0 Å². The molecule has 0 saturated carbocycles. The lowest BCUT2D eigenvalue weighted by molar-refractivity contribution is -0.128. The molecule has 23 heavy (non-hydrogen) atoms. The maximum absolute atomic E-state index is 12.6. The first-order valence-corrected chi connectivity index (χ1v) is 7.34. The molecule has 120 valence electrons. The number of carbonyl (C=O) groups excluding carboxylic acids is 2. The van der Waals surface area contributed by atoms with Crippen LogP contribution < -0.4 is 5.73 Å². The largest absolute Gasteiger partial charge is 0.381 e. The molecular formula is C18H20N2O3. The molecule has 0 aliphatic carbocycles. The average Bonchev–Trinajstić information content (AvgIpc) is 2.59. The van der Waals surface area contributed by atoms with Crippen molar-refractivity contribution >= 4 is 11.8 Å². The zero-order chi connectivity index (χ0) is 16.8. The monoisotopic (exact) mass is 312 g/mol. The normalized spacial score (nSPS) is 13.1. The molecule has 2 amide bonds. The topological polar surface area (TPSA) is 83.6 Å². The first-order chi connectivity index (χ1) is 11.0. The molecule has 0 bridgehead atoms. The average molecular weight is 312 g/mol. The minimum absolute atomic E-state index is 0.271. The standard InChI is InChI=1S/C18H20N2O3/c1-20(18(23)14-10-6-3-7-11-14)15(16(21)17(19)22)12-13-8-4-2-5-9-13/h2-11,15-16,21H,12H2,1H3,(H2,19,22). The Kier molecular flexibility index (Phi) is 5.49. The Hall–Kier alpha value is -2.66. The number of rotatable bonds is 6. The molecule has 2 aromatic rings. The Bertz CT molecular complexity index is 658. The zero-order valence-electron chi connectivity index (χ0n) is 12.9. The predicted molar refractivity (Wildman–Crippen MR) is 87.7 cm³/mol. The summed E-state index contributed by atoms with van der Waals surface area (Å²) < 4.78 is 0. The number of aliphatic hydroxyl groups excluding tert-OH is 1. The highest BCUT2D eigenvalue weighted by Crippen LogP contribution is 2.15. The highest BCUT2D eigenvalue weighted by atomic mass is 16.3. The molecular weight excluding hydrogens is 292 g/mol. The molecule has 0 heterocycles. The molecule has 0 saturated heterocycles. The Labute approximate surface area is 135 Å². The van der Waals surface area contributed by atoms with Crippen LogP contribution in [0, 0.1) is 0 Å². The summed E-state index contributed by atoms with van der Waals surface area (Å²) >= 11 is 0. The van der Waals surface area contributed by atoms with Crippen LogP contribution in [-0.4, -0.2) is 41.0 Å². The number of nitrogens with zero attached hydrogens (tertiary/aromatic N) is 1. The first-order valence-electron chi connectivity index (χ1n) is 7.34. The van der Waals surface area contributed by atoms with Gasteiger partial charge in [-0.25, -0.2) is 0 Å². The highest BCUT2D eigenvalue weighted by molar-refractivity contribution is 5.94. The highest BCUT2D eigenvalue weighted by Gasteiger charge is 2.31. The van der Waals surface area contributed by atoms with Crippen LogP contribution in [0.15, 0.2) is 60.7 Å². The number of aliphatic hydroxyl groups is 1. The Morgan fingerprint density at radius 3 is 2.09 bits per heavy atom. The minimum Gasteiger partial charge on any atom is -0.381 e. The SMILES string of the molecule is CN(C(=O)c1ccccc1)C(Cc1ccccc1)C(O)C(N)=O.